The van der Waals surface area contributed by atoms with E-state index in [1.807, 2.05) is 0 Å². The maximum atomic E-state index is 12.7. The van der Waals surface area contributed by atoms with Crippen LogP contribution in [-0.4, -0.2) is 34.0 Å². The van der Waals surface area contributed by atoms with Gasteiger partial charge >= 0.3 is 10.2 Å². The van der Waals surface area contributed by atoms with Gasteiger partial charge in [-0.2, -0.15) is 8.42 Å². The van der Waals surface area contributed by atoms with Crippen molar-refractivity contribution in [2.45, 2.75) is 19.4 Å². The number of nitrogens with one attached hydrogen (secondary N) is 1. The van der Waals surface area contributed by atoms with Crippen molar-refractivity contribution in [1.29, 1.82) is 0 Å². The third kappa shape index (κ3) is 3.54. The number of hydrogen-bond donors (Lipinski definition) is 1. The van der Waals surface area contributed by atoms with Crippen molar-refractivity contribution in [3.63, 3.8) is 0 Å². The van der Waals surface area contributed by atoms with Gasteiger partial charge in [0, 0.05) is 24.8 Å². The summed E-state index contributed by atoms with van der Waals surface area (Å²) < 4.78 is 32.5. The molecule has 9 heteroatoms. The molecule has 7 nitrogen and oxygen atoms in total. The smallest absolute Gasteiger partial charge is 0.326 e. The van der Waals surface area contributed by atoms with Crippen LogP contribution >= 0.6 is 11.6 Å². The first kappa shape index (κ1) is 19.3. The lowest BCUT2D eigenvalue weighted by molar-refractivity contribution is -0.128. The topological polar surface area (TPSA) is 79.0 Å². The highest BCUT2D eigenvalue weighted by Gasteiger charge is 2.36. The van der Waals surface area contributed by atoms with Crippen LogP contribution in [0.25, 0.3) is 0 Å². The standard InChI is InChI=1S/C18H20ClN3O4S/c1-18(2,26-14-8-5-12(19)6-9-14)17(23)20-13-7-10-15-16(11-13)22(4)27(24,25)21(15)3/h5-11H,1-4H3,(H,20,23). The maximum Gasteiger partial charge on any atom is 0.326 e. The first-order valence-electron chi connectivity index (χ1n) is 8.15. The summed E-state index contributed by atoms with van der Waals surface area (Å²) in [6.07, 6.45) is 0. The Hall–Kier alpha value is -2.45. The minimum absolute atomic E-state index is 0.366. The summed E-state index contributed by atoms with van der Waals surface area (Å²) in [5, 5.41) is 3.35. The predicted octanol–water partition coefficient (Wildman–Crippen LogP) is 3.27. The quantitative estimate of drug-likeness (QED) is 0.840. The van der Waals surface area contributed by atoms with E-state index in [1.54, 1.807) is 56.3 Å². The Morgan fingerprint density at radius 3 is 2.26 bits per heavy atom. The Morgan fingerprint density at radius 1 is 1.04 bits per heavy atom. The third-order valence-electron chi connectivity index (χ3n) is 4.34. The molecule has 0 spiro atoms. The van der Waals surface area contributed by atoms with Crippen LogP contribution in [0.1, 0.15) is 13.8 Å². The van der Waals surface area contributed by atoms with Crippen LogP contribution in [0, 0.1) is 0 Å². The lowest BCUT2D eigenvalue weighted by Gasteiger charge is -2.25. The maximum absolute atomic E-state index is 12.7. The number of benzene rings is 2. The van der Waals surface area contributed by atoms with Crippen LogP contribution in [0.3, 0.4) is 0 Å². The van der Waals surface area contributed by atoms with E-state index in [0.29, 0.717) is 27.8 Å². The average Bonchev–Trinajstić information content (AvgIpc) is 2.77. The Balaban J connectivity index is 1.78. The average molecular weight is 410 g/mol. The molecule has 144 valence electrons. The fourth-order valence-electron chi connectivity index (χ4n) is 2.68. The van der Waals surface area contributed by atoms with Crippen LogP contribution in [0.4, 0.5) is 17.1 Å². The van der Waals surface area contributed by atoms with E-state index in [-0.39, 0.29) is 5.91 Å². The molecule has 1 aliphatic heterocycles. The van der Waals surface area contributed by atoms with Gasteiger partial charge in [-0.05, 0) is 56.3 Å². The van der Waals surface area contributed by atoms with Gasteiger partial charge in [0.15, 0.2) is 5.60 Å². The van der Waals surface area contributed by atoms with Crippen molar-refractivity contribution in [2.24, 2.45) is 0 Å². The number of anilines is 3. The molecule has 27 heavy (non-hydrogen) atoms. The molecule has 2 aromatic rings. The number of amides is 1. The van der Waals surface area contributed by atoms with Crippen LogP contribution in [-0.2, 0) is 15.0 Å². The van der Waals surface area contributed by atoms with Crippen molar-refractivity contribution < 1.29 is 17.9 Å². The number of hydrogen-bond acceptors (Lipinski definition) is 4. The van der Waals surface area contributed by atoms with Gasteiger partial charge in [0.05, 0.1) is 11.4 Å². The minimum Gasteiger partial charge on any atom is -0.478 e. The highest BCUT2D eigenvalue weighted by molar-refractivity contribution is 7.94. The van der Waals surface area contributed by atoms with E-state index in [9.17, 15) is 13.2 Å². The molecular weight excluding hydrogens is 390 g/mol. The molecule has 0 saturated heterocycles. The summed E-state index contributed by atoms with van der Waals surface area (Å²) in [6.45, 7) is 3.29. The van der Waals surface area contributed by atoms with Gasteiger partial charge in [-0.15, -0.1) is 0 Å². The normalized spacial score (nSPS) is 15.4. The van der Waals surface area contributed by atoms with Crippen molar-refractivity contribution in [2.75, 3.05) is 28.0 Å². The van der Waals surface area contributed by atoms with E-state index in [1.165, 1.54) is 22.7 Å². The predicted molar refractivity (Wildman–Crippen MR) is 107 cm³/mol. The SMILES string of the molecule is CN1c2ccc(NC(=O)C(C)(C)Oc3ccc(Cl)cc3)cc2N(C)S1(=O)=O. The zero-order valence-corrected chi connectivity index (χ0v) is 16.9. The zero-order chi connectivity index (χ0) is 20.0. The van der Waals surface area contributed by atoms with Gasteiger partial charge in [0.25, 0.3) is 5.91 Å². The Labute approximate surface area is 163 Å². The number of halogens is 1. The molecule has 0 saturated carbocycles. The minimum atomic E-state index is -3.56. The fourth-order valence-corrected chi connectivity index (χ4v) is 3.97. The van der Waals surface area contributed by atoms with E-state index in [4.69, 9.17) is 16.3 Å². The van der Waals surface area contributed by atoms with Gasteiger partial charge in [-0.3, -0.25) is 13.4 Å². The second kappa shape index (κ2) is 6.61. The molecule has 1 amide bonds. The van der Waals surface area contributed by atoms with Gasteiger partial charge in [-0.1, -0.05) is 11.6 Å². The molecule has 1 N–H and O–H groups in total. The highest BCUT2D eigenvalue weighted by atomic mass is 35.5. The van der Waals surface area contributed by atoms with E-state index in [0.717, 1.165) is 0 Å². The first-order valence-corrected chi connectivity index (χ1v) is 9.93. The van der Waals surface area contributed by atoms with Gasteiger partial charge in [0.2, 0.25) is 0 Å². The molecule has 0 aromatic heterocycles. The Kier molecular flexibility index (Phi) is 4.73. The Bertz CT molecular complexity index is 990. The number of nitrogens with zero attached hydrogens (tertiary/aromatic N) is 2. The molecule has 0 bridgehead atoms. The Morgan fingerprint density at radius 2 is 1.63 bits per heavy atom. The molecule has 0 unspecified atom stereocenters. The van der Waals surface area contributed by atoms with E-state index < -0.39 is 15.8 Å². The molecule has 0 radical (unpaired) electrons. The van der Waals surface area contributed by atoms with Gasteiger partial charge in [0.1, 0.15) is 5.75 Å². The van der Waals surface area contributed by atoms with Crippen molar-refractivity contribution in [1.82, 2.24) is 0 Å². The molecule has 0 fully saturated rings. The third-order valence-corrected chi connectivity index (χ3v) is 6.37. The molecular formula is C18H20ClN3O4S. The summed E-state index contributed by atoms with van der Waals surface area (Å²) in [5.74, 6) is 0.148. The summed E-state index contributed by atoms with van der Waals surface area (Å²) in [6, 6.07) is 11.6. The molecule has 1 heterocycles. The second-order valence-corrected chi connectivity index (χ2v) is 9.09. The molecule has 0 atom stereocenters. The monoisotopic (exact) mass is 409 g/mol. The number of ether oxygens (including phenoxy) is 1. The van der Waals surface area contributed by atoms with Crippen LogP contribution < -0.4 is 18.7 Å². The largest absolute Gasteiger partial charge is 0.478 e. The first-order chi connectivity index (χ1) is 12.5. The zero-order valence-electron chi connectivity index (χ0n) is 15.4. The molecule has 2 aromatic carbocycles. The number of carbonyl (C=O) groups is 1. The van der Waals surface area contributed by atoms with Crippen LogP contribution in [0.5, 0.6) is 5.75 Å². The van der Waals surface area contributed by atoms with Crippen molar-refractivity contribution >= 4 is 44.8 Å². The lowest BCUT2D eigenvalue weighted by Crippen LogP contribution is -2.42. The number of carbonyl (C=O) groups excluding carboxylic acids is 1. The molecule has 0 aliphatic carbocycles. The van der Waals surface area contributed by atoms with E-state index >= 15 is 0 Å². The van der Waals surface area contributed by atoms with E-state index in [2.05, 4.69) is 5.32 Å². The lowest BCUT2D eigenvalue weighted by atomic mass is 10.1. The number of fused-ring (bicyclic) bond motifs is 1. The second-order valence-electron chi connectivity index (χ2n) is 6.67. The summed E-state index contributed by atoms with van der Waals surface area (Å²) in [5.41, 5.74) is 0.365. The van der Waals surface area contributed by atoms with Crippen LogP contribution in [0.2, 0.25) is 5.02 Å². The molecule has 3 rings (SSSR count). The highest BCUT2D eigenvalue weighted by Crippen LogP contribution is 2.40. The van der Waals surface area contributed by atoms with Crippen LogP contribution in [0.15, 0.2) is 42.5 Å². The van der Waals surface area contributed by atoms with Crippen molar-refractivity contribution in [3.8, 4) is 5.75 Å². The number of rotatable bonds is 4. The van der Waals surface area contributed by atoms with Gasteiger partial charge < -0.3 is 10.1 Å². The summed E-state index contributed by atoms with van der Waals surface area (Å²) in [7, 11) is -0.608. The van der Waals surface area contributed by atoms with Crippen molar-refractivity contribution in [3.05, 3.63) is 47.5 Å². The van der Waals surface area contributed by atoms with Gasteiger partial charge in [-0.25, -0.2) is 0 Å². The summed E-state index contributed by atoms with van der Waals surface area (Å²) >= 11 is 5.86. The summed E-state index contributed by atoms with van der Waals surface area (Å²) in [4.78, 5) is 12.7. The fraction of sp³-hybridized carbons (Fsp3) is 0.278. The molecule has 1 aliphatic rings.